The molecule has 0 unspecified atom stereocenters. The lowest BCUT2D eigenvalue weighted by molar-refractivity contribution is 0.364. The van der Waals surface area contributed by atoms with Crippen molar-refractivity contribution in [1.82, 2.24) is 15.2 Å². The first kappa shape index (κ1) is 16.0. The van der Waals surface area contributed by atoms with Crippen molar-refractivity contribution in [3.05, 3.63) is 29.6 Å². The molecule has 0 aliphatic rings. The van der Waals surface area contributed by atoms with Crippen LogP contribution in [0.3, 0.4) is 0 Å². The largest absolute Gasteiger partial charge is 0.310 e. The first-order valence-corrected chi connectivity index (χ1v) is 7.42. The monoisotopic (exact) mass is 289 g/mol. The Morgan fingerprint density at radius 2 is 1.95 bits per heavy atom. The molecule has 0 heterocycles. The summed E-state index contributed by atoms with van der Waals surface area (Å²) in [6.45, 7) is 4.16. The average molecular weight is 289 g/mol. The van der Waals surface area contributed by atoms with Crippen molar-refractivity contribution in [3.8, 4) is 0 Å². The van der Waals surface area contributed by atoms with Crippen LogP contribution < -0.4 is 10.1 Å². The normalized spacial score (nSPS) is 12.4. The van der Waals surface area contributed by atoms with Gasteiger partial charge in [-0.1, -0.05) is 13.8 Å². The second-order valence-electron chi connectivity index (χ2n) is 4.78. The molecule has 0 fully saturated rings. The van der Waals surface area contributed by atoms with Gasteiger partial charge in [0.1, 0.15) is 5.82 Å². The minimum Gasteiger partial charge on any atom is -0.310 e. The fraction of sp³-hybridized carbons (Fsp3) is 0.500. The van der Waals surface area contributed by atoms with Crippen molar-refractivity contribution < 1.29 is 12.8 Å². The Kier molecular flexibility index (Phi) is 5.42. The van der Waals surface area contributed by atoms with Crippen LogP contribution in [0.15, 0.2) is 23.1 Å². The smallest absolute Gasteiger partial charge is 0.253 e. The third-order valence-corrected chi connectivity index (χ3v) is 3.81. The Balaban J connectivity index is 3.01. The van der Waals surface area contributed by atoms with Crippen LogP contribution in [0.5, 0.6) is 0 Å². The highest BCUT2D eigenvalue weighted by atomic mass is 32.2. The second-order valence-corrected chi connectivity index (χ2v) is 6.44. The number of sulfonamides is 1. The summed E-state index contributed by atoms with van der Waals surface area (Å²) >= 11 is 0. The molecule has 1 aromatic carbocycles. The van der Waals surface area contributed by atoms with Crippen LogP contribution in [-0.2, 0) is 16.6 Å². The van der Waals surface area contributed by atoms with Crippen LogP contribution in [0, 0.1) is 5.82 Å². The summed E-state index contributed by atoms with van der Waals surface area (Å²) in [6, 6.07) is 3.96. The van der Waals surface area contributed by atoms with E-state index in [-0.39, 0.29) is 17.5 Å². The van der Waals surface area contributed by atoms with Crippen molar-refractivity contribution in [1.29, 1.82) is 0 Å². The van der Waals surface area contributed by atoms with Gasteiger partial charge in [-0.05, 0) is 18.2 Å². The molecule has 0 amide bonds. The Morgan fingerprint density at radius 1 is 1.32 bits per heavy atom. The van der Waals surface area contributed by atoms with E-state index in [0.29, 0.717) is 5.56 Å². The molecular weight excluding hydrogens is 269 g/mol. The third-order valence-electron chi connectivity index (χ3n) is 2.33. The van der Waals surface area contributed by atoms with Crippen LogP contribution in [0.4, 0.5) is 4.39 Å². The van der Waals surface area contributed by atoms with E-state index in [1.165, 1.54) is 23.2 Å². The predicted octanol–water partition coefficient (Wildman–Crippen LogP) is 1.08. The molecule has 0 radical (unpaired) electrons. The Bertz CT molecular complexity index is 530. The van der Waals surface area contributed by atoms with Crippen LogP contribution in [0.25, 0.3) is 0 Å². The van der Waals surface area contributed by atoms with E-state index < -0.39 is 15.8 Å². The second kappa shape index (κ2) is 6.42. The van der Waals surface area contributed by atoms with Gasteiger partial charge in [0.2, 0.25) is 0 Å². The molecule has 0 aromatic heterocycles. The molecule has 0 bridgehead atoms. The summed E-state index contributed by atoms with van der Waals surface area (Å²) in [4.78, 5) is 2.35. The molecular formula is C12H20FN3O2S. The van der Waals surface area contributed by atoms with E-state index >= 15 is 0 Å². The summed E-state index contributed by atoms with van der Waals surface area (Å²) in [5.74, 6) is -0.419. The predicted molar refractivity (Wildman–Crippen MR) is 72.4 cm³/mol. The Hall–Kier alpha value is -1.02. The quantitative estimate of drug-likeness (QED) is 0.769. The van der Waals surface area contributed by atoms with Gasteiger partial charge >= 0.3 is 0 Å². The van der Waals surface area contributed by atoms with Gasteiger partial charge < -0.3 is 5.32 Å². The summed E-state index contributed by atoms with van der Waals surface area (Å²) in [6.07, 6.45) is 0. The summed E-state index contributed by atoms with van der Waals surface area (Å²) in [7, 11) is -0.512. The molecule has 19 heavy (non-hydrogen) atoms. The minimum atomic E-state index is -3.66. The van der Waals surface area contributed by atoms with Gasteiger partial charge in [0.05, 0.1) is 4.90 Å². The first-order valence-electron chi connectivity index (χ1n) is 5.94. The maximum Gasteiger partial charge on any atom is 0.253 e. The number of nitrogens with one attached hydrogen (secondary N) is 2. The van der Waals surface area contributed by atoms with Crippen molar-refractivity contribution >= 4 is 10.0 Å². The van der Waals surface area contributed by atoms with Crippen LogP contribution in [0.1, 0.15) is 19.4 Å². The zero-order chi connectivity index (χ0) is 14.6. The number of halogens is 1. The highest BCUT2D eigenvalue weighted by Gasteiger charge is 2.16. The molecule has 1 rings (SSSR count). The maximum atomic E-state index is 13.6. The van der Waals surface area contributed by atoms with Gasteiger partial charge in [0, 0.05) is 32.2 Å². The Labute approximate surface area is 113 Å². The highest BCUT2D eigenvalue weighted by molar-refractivity contribution is 7.89. The van der Waals surface area contributed by atoms with Gasteiger partial charge in [-0.2, -0.15) is 0 Å². The molecule has 5 nitrogen and oxygen atoms in total. The van der Waals surface area contributed by atoms with E-state index in [1.54, 1.807) is 14.1 Å². The average Bonchev–Trinajstić information content (AvgIpc) is 2.25. The van der Waals surface area contributed by atoms with Crippen molar-refractivity contribution in [2.24, 2.45) is 0 Å². The minimum absolute atomic E-state index is 0.0446. The van der Waals surface area contributed by atoms with Gasteiger partial charge in [-0.25, -0.2) is 17.8 Å². The number of benzene rings is 1. The lowest BCUT2D eigenvalue weighted by atomic mass is 10.2. The SMILES string of the molecule is CC(C)NCc1cc(S(=O)(=O)NN(C)C)ccc1F. The van der Waals surface area contributed by atoms with Crippen LogP contribution in [-0.4, -0.2) is 33.6 Å². The maximum absolute atomic E-state index is 13.6. The number of rotatable bonds is 6. The zero-order valence-electron chi connectivity index (χ0n) is 11.6. The number of hydrazine groups is 1. The van der Waals surface area contributed by atoms with E-state index in [9.17, 15) is 12.8 Å². The molecule has 108 valence electrons. The van der Waals surface area contributed by atoms with Crippen molar-refractivity contribution in [2.75, 3.05) is 14.1 Å². The summed E-state index contributed by atoms with van der Waals surface area (Å²) in [5.41, 5.74) is 0.329. The standard InChI is InChI=1S/C12H20FN3O2S/c1-9(2)14-8-10-7-11(5-6-12(10)13)19(17,18)15-16(3)4/h5-7,9,14-15H,8H2,1-4H3. The highest BCUT2D eigenvalue weighted by Crippen LogP contribution is 2.15. The fourth-order valence-electron chi connectivity index (χ4n) is 1.46. The van der Waals surface area contributed by atoms with Gasteiger partial charge in [-0.3, -0.25) is 0 Å². The van der Waals surface area contributed by atoms with Crippen LogP contribution in [0.2, 0.25) is 0 Å². The molecule has 0 atom stereocenters. The molecule has 0 saturated heterocycles. The molecule has 2 N–H and O–H groups in total. The summed E-state index contributed by atoms with van der Waals surface area (Å²) < 4.78 is 37.5. The van der Waals surface area contributed by atoms with Crippen molar-refractivity contribution in [2.45, 2.75) is 31.3 Å². The zero-order valence-corrected chi connectivity index (χ0v) is 12.4. The van der Waals surface area contributed by atoms with Gasteiger partial charge in [0.25, 0.3) is 10.0 Å². The van der Waals surface area contributed by atoms with E-state index in [0.717, 1.165) is 0 Å². The van der Waals surface area contributed by atoms with E-state index in [1.807, 2.05) is 13.8 Å². The molecule has 7 heteroatoms. The number of hydrogen-bond acceptors (Lipinski definition) is 4. The fourth-order valence-corrected chi connectivity index (χ4v) is 2.59. The van der Waals surface area contributed by atoms with E-state index in [2.05, 4.69) is 10.1 Å². The Morgan fingerprint density at radius 3 is 2.47 bits per heavy atom. The van der Waals surface area contributed by atoms with E-state index in [4.69, 9.17) is 0 Å². The van der Waals surface area contributed by atoms with Gasteiger partial charge in [0.15, 0.2) is 0 Å². The van der Waals surface area contributed by atoms with Gasteiger partial charge in [-0.15, -0.1) is 4.83 Å². The van der Waals surface area contributed by atoms with Crippen molar-refractivity contribution in [3.63, 3.8) is 0 Å². The molecule has 1 aromatic rings. The number of nitrogens with zero attached hydrogens (tertiary/aromatic N) is 1. The topological polar surface area (TPSA) is 61.4 Å². The lowest BCUT2D eigenvalue weighted by Crippen LogP contribution is -2.36. The molecule has 0 aliphatic carbocycles. The van der Waals surface area contributed by atoms with Crippen LogP contribution >= 0.6 is 0 Å². The summed E-state index contributed by atoms with van der Waals surface area (Å²) in [5, 5.41) is 4.38. The molecule has 0 spiro atoms. The molecule has 0 aliphatic heterocycles. The lowest BCUT2D eigenvalue weighted by Gasteiger charge is -2.14. The first-order chi connectivity index (χ1) is 8.72. The third kappa shape index (κ3) is 4.87. The number of hydrogen-bond donors (Lipinski definition) is 2. The molecule has 0 saturated carbocycles.